The molecule has 1 saturated heterocycles. The number of piperidine rings is 1. The fraction of sp³-hybridized carbons (Fsp3) is 0.524. The van der Waals surface area contributed by atoms with E-state index >= 15 is 0 Å². The number of likely N-dealkylation sites (tertiary alicyclic amines) is 1. The van der Waals surface area contributed by atoms with E-state index < -0.39 is 11.8 Å². The third-order valence-corrected chi connectivity index (χ3v) is 5.41. The second-order valence-electron chi connectivity index (χ2n) is 7.51. The van der Waals surface area contributed by atoms with E-state index in [0.717, 1.165) is 0 Å². The molecule has 2 heterocycles. The fourth-order valence-corrected chi connectivity index (χ4v) is 3.82. The molecule has 9 heteroatoms. The average molecular weight is 417 g/mol. The number of rotatable bonds is 6. The minimum atomic E-state index is -0.826. The summed E-state index contributed by atoms with van der Waals surface area (Å²) in [4.78, 5) is 52.7. The number of ether oxygens (including phenoxy) is 1. The summed E-state index contributed by atoms with van der Waals surface area (Å²) in [6.07, 6.45) is 1.39. The molecule has 3 rings (SSSR count). The van der Waals surface area contributed by atoms with E-state index in [4.69, 9.17) is 9.15 Å². The molecule has 0 bridgehead atoms. The van der Waals surface area contributed by atoms with Gasteiger partial charge in [-0.05, 0) is 38.8 Å². The van der Waals surface area contributed by atoms with Crippen LogP contribution in [0.1, 0.15) is 32.7 Å². The zero-order valence-electron chi connectivity index (χ0n) is 17.5. The van der Waals surface area contributed by atoms with Gasteiger partial charge in [0.1, 0.15) is 6.04 Å². The molecule has 1 aliphatic heterocycles. The van der Waals surface area contributed by atoms with E-state index in [2.05, 4.69) is 0 Å². The van der Waals surface area contributed by atoms with Gasteiger partial charge in [-0.3, -0.25) is 19.0 Å². The standard InChI is InChI=1S/C21H27N3O6/c1-4-29-20(27)15-8-7-11-23(12-15)18(25)13-22(3)19(26)14(2)24-16-9-5-6-10-17(16)30-21(24)28/h5-6,9-10,14-15H,4,7-8,11-13H2,1-3H3. The summed E-state index contributed by atoms with van der Waals surface area (Å²) >= 11 is 0. The van der Waals surface area contributed by atoms with Gasteiger partial charge in [0.2, 0.25) is 11.8 Å². The molecule has 30 heavy (non-hydrogen) atoms. The Morgan fingerprint density at radius 3 is 2.77 bits per heavy atom. The molecule has 2 aromatic rings. The number of carbonyl (C=O) groups is 3. The van der Waals surface area contributed by atoms with E-state index in [-0.39, 0.29) is 30.2 Å². The minimum Gasteiger partial charge on any atom is -0.466 e. The molecule has 0 saturated carbocycles. The first-order valence-corrected chi connectivity index (χ1v) is 10.1. The predicted molar refractivity (Wildman–Crippen MR) is 109 cm³/mol. The minimum absolute atomic E-state index is 0.136. The molecule has 1 aromatic heterocycles. The van der Waals surface area contributed by atoms with Crippen LogP contribution in [0.15, 0.2) is 33.5 Å². The lowest BCUT2D eigenvalue weighted by atomic mass is 9.98. The lowest BCUT2D eigenvalue weighted by Gasteiger charge is -2.33. The van der Waals surface area contributed by atoms with Gasteiger partial charge in [-0.2, -0.15) is 0 Å². The Bertz CT molecular complexity index is 994. The number of fused-ring (bicyclic) bond motifs is 1. The fourth-order valence-electron chi connectivity index (χ4n) is 3.82. The molecule has 162 valence electrons. The summed E-state index contributed by atoms with van der Waals surface area (Å²) in [7, 11) is 1.52. The normalized spacial score (nSPS) is 17.6. The highest BCUT2D eigenvalue weighted by Gasteiger charge is 2.31. The van der Waals surface area contributed by atoms with Crippen LogP contribution in [0.4, 0.5) is 0 Å². The van der Waals surface area contributed by atoms with Crippen molar-refractivity contribution >= 4 is 28.9 Å². The molecule has 0 aliphatic carbocycles. The van der Waals surface area contributed by atoms with Crippen molar-refractivity contribution in [2.24, 2.45) is 5.92 Å². The highest BCUT2D eigenvalue weighted by atomic mass is 16.5. The molecule has 2 atom stereocenters. The van der Waals surface area contributed by atoms with Crippen LogP contribution in [0.2, 0.25) is 0 Å². The van der Waals surface area contributed by atoms with E-state index in [1.165, 1.54) is 16.5 Å². The van der Waals surface area contributed by atoms with Crippen molar-refractivity contribution in [3.05, 3.63) is 34.8 Å². The molecular formula is C21H27N3O6. The third-order valence-electron chi connectivity index (χ3n) is 5.41. The molecule has 0 N–H and O–H groups in total. The Kier molecular flexibility index (Phi) is 6.59. The van der Waals surface area contributed by atoms with Crippen molar-refractivity contribution in [1.82, 2.24) is 14.4 Å². The maximum Gasteiger partial charge on any atom is 0.420 e. The Balaban J connectivity index is 1.66. The van der Waals surface area contributed by atoms with Gasteiger partial charge in [0, 0.05) is 20.1 Å². The molecule has 1 fully saturated rings. The molecule has 1 aromatic carbocycles. The number of para-hydroxylation sites is 2. The Hall–Kier alpha value is -3.10. The molecule has 9 nitrogen and oxygen atoms in total. The van der Waals surface area contributed by atoms with Gasteiger partial charge in [0.15, 0.2) is 5.58 Å². The smallest absolute Gasteiger partial charge is 0.420 e. The number of nitrogens with zero attached hydrogens (tertiary/aromatic N) is 3. The van der Waals surface area contributed by atoms with Gasteiger partial charge >= 0.3 is 11.7 Å². The maximum absolute atomic E-state index is 12.9. The number of hydrogen-bond donors (Lipinski definition) is 0. The second kappa shape index (κ2) is 9.15. The van der Waals surface area contributed by atoms with Crippen molar-refractivity contribution in [2.45, 2.75) is 32.7 Å². The molecular weight excluding hydrogens is 390 g/mol. The highest BCUT2D eigenvalue weighted by molar-refractivity contribution is 5.88. The number of aromatic nitrogens is 1. The zero-order valence-corrected chi connectivity index (χ0v) is 17.5. The summed E-state index contributed by atoms with van der Waals surface area (Å²) in [5.74, 6) is -1.87. The number of benzene rings is 1. The first-order valence-electron chi connectivity index (χ1n) is 10.1. The Labute approximate surface area is 174 Å². The van der Waals surface area contributed by atoms with Gasteiger partial charge in [0.25, 0.3) is 0 Å². The van der Waals surface area contributed by atoms with Crippen LogP contribution in [0, 0.1) is 5.92 Å². The molecule has 0 radical (unpaired) electrons. The summed E-state index contributed by atoms with van der Waals surface area (Å²) in [5.41, 5.74) is 0.926. The van der Waals surface area contributed by atoms with Gasteiger partial charge in [0.05, 0.1) is 24.6 Å². The Morgan fingerprint density at radius 1 is 1.30 bits per heavy atom. The van der Waals surface area contributed by atoms with Crippen LogP contribution in [-0.2, 0) is 19.1 Å². The zero-order chi connectivity index (χ0) is 21.8. The topological polar surface area (TPSA) is 102 Å². The van der Waals surface area contributed by atoms with Crippen molar-refractivity contribution in [2.75, 3.05) is 33.3 Å². The summed E-state index contributed by atoms with van der Waals surface area (Å²) in [6.45, 7) is 4.35. The lowest BCUT2D eigenvalue weighted by molar-refractivity contribution is -0.152. The summed E-state index contributed by atoms with van der Waals surface area (Å²) in [5, 5.41) is 0. The van der Waals surface area contributed by atoms with Crippen LogP contribution in [0.25, 0.3) is 11.1 Å². The van der Waals surface area contributed by atoms with E-state index in [1.54, 1.807) is 43.0 Å². The summed E-state index contributed by atoms with van der Waals surface area (Å²) in [6, 6.07) is 6.04. The number of hydrogen-bond acceptors (Lipinski definition) is 6. The first-order chi connectivity index (χ1) is 14.3. The SMILES string of the molecule is CCOC(=O)C1CCCN(C(=O)CN(C)C(=O)C(C)n2c(=O)oc3ccccc32)C1. The maximum atomic E-state index is 12.9. The van der Waals surface area contributed by atoms with Crippen LogP contribution < -0.4 is 5.76 Å². The van der Waals surface area contributed by atoms with Crippen LogP contribution in [0.3, 0.4) is 0 Å². The van der Waals surface area contributed by atoms with Crippen LogP contribution in [0.5, 0.6) is 0 Å². The second-order valence-corrected chi connectivity index (χ2v) is 7.51. The monoisotopic (exact) mass is 417 g/mol. The van der Waals surface area contributed by atoms with Crippen molar-refractivity contribution in [1.29, 1.82) is 0 Å². The Morgan fingerprint density at radius 2 is 2.03 bits per heavy atom. The van der Waals surface area contributed by atoms with E-state index in [9.17, 15) is 19.2 Å². The molecule has 0 spiro atoms. The van der Waals surface area contributed by atoms with Gasteiger partial charge in [-0.25, -0.2) is 4.79 Å². The lowest BCUT2D eigenvalue weighted by Crippen LogP contribution is -2.48. The molecule has 2 unspecified atom stereocenters. The summed E-state index contributed by atoms with van der Waals surface area (Å²) < 4.78 is 11.6. The van der Waals surface area contributed by atoms with Gasteiger partial charge < -0.3 is 19.0 Å². The third kappa shape index (κ3) is 4.39. The number of oxazole rings is 1. The van der Waals surface area contributed by atoms with E-state index in [0.29, 0.717) is 43.6 Å². The van der Waals surface area contributed by atoms with Crippen LogP contribution >= 0.6 is 0 Å². The van der Waals surface area contributed by atoms with E-state index in [1.807, 2.05) is 0 Å². The number of esters is 1. The molecule has 1 aliphatic rings. The number of carbonyl (C=O) groups excluding carboxylic acids is 3. The van der Waals surface area contributed by atoms with Crippen molar-refractivity contribution in [3.63, 3.8) is 0 Å². The number of amides is 2. The predicted octanol–water partition coefficient (Wildman–Crippen LogP) is 1.42. The quantitative estimate of drug-likeness (QED) is 0.659. The highest BCUT2D eigenvalue weighted by Crippen LogP contribution is 2.20. The van der Waals surface area contributed by atoms with Gasteiger partial charge in [-0.1, -0.05) is 12.1 Å². The van der Waals surface area contributed by atoms with Gasteiger partial charge in [-0.15, -0.1) is 0 Å². The van der Waals surface area contributed by atoms with Crippen LogP contribution in [-0.4, -0.2) is 65.4 Å². The largest absolute Gasteiger partial charge is 0.466 e. The molecule has 2 amide bonds. The first kappa shape index (κ1) is 21.6. The van der Waals surface area contributed by atoms with Crippen molar-refractivity contribution < 1.29 is 23.5 Å². The van der Waals surface area contributed by atoms with Crippen molar-refractivity contribution in [3.8, 4) is 0 Å². The number of likely N-dealkylation sites (N-methyl/N-ethyl adjacent to an activating group) is 1. The average Bonchev–Trinajstić information content (AvgIpc) is 3.08.